The average Bonchev–Trinajstić information content (AvgIpc) is 1.54. The van der Waals surface area contributed by atoms with Crippen LogP contribution in [-0.4, -0.2) is 34.7 Å². The maximum atomic E-state index is 2.17. The molecule has 0 aliphatic heterocycles. The molecule has 0 nitrogen and oxygen atoms in total. The molecule has 0 unspecified atom stereocenters. The molecule has 0 amide bonds. The Kier molecular flexibility index (Phi) is 129. The first-order valence-electron chi connectivity index (χ1n) is 5.20. The standard InChI is InChI=1S/3C4H10.2Al.3ClH/c3*1-4(2)3;;;;;/h3*4H,1-3H3;;;3*1H. The highest BCUT2D eigenvalue weighted by molar-refractivity contribution is 5.86. The molecule has 5 heteroatoms. The third-order valence-electron chi connectivity index (χ3n) is 0. The fourth-order valence-corrected chi connectivity index (χ4v) is 0. The van der Waals surface area contributed by atoms with Gasteiger partial charge in [-0.3, -0.25) is 0 Å². The second kappa shape index (κ2) is 43.0. The molecule has 0 aliphatic carbocycles. The lowest BCUT2D eigenvalue weighted by Crippen LogP contribution is -1.66. The Morgan fingerprint density at radius 1 is 0.353 bits per heavy atom. The molecule has 0 aliphatic rings. The molecule has 17 heavy (non-hydrogen) atoms. The predicted octanol–water partition coefficient (Wildman–Crippen LogP) is 5.49. The minimum absolute atomic E-state index is 0. The van der Waals surface area contributed by atoms with E-state index in [0.29, 0.717) is 0 Å². The third kappa shape index (κ3) is 1220. The minimum Gasteiger partial charge on any atom is -0.147 e. The van der Waals surface area contributed by atoms with Crippen molar-refractivity contribution in [3.8, 4) is 0 Å². The smallest absolute Gasteiger partial charge is 0 e. The normalized spacial score (nSPS) is 6.35. The molecule has 108 valence electrons. The molecule has 6 radical (unpaired) electrons. The Labute approximate surface area is 151 Å². The Balaban J connectivity index is -0.0000000104. The molecule has 0 heterocycles. The average molecular weight is 338 g/mol. The van der Waals surface area contributed by atoms with Gasteiger partial charge in [0, 0.05) is 34.7 Å². The van der Waals surface area contributed by atoms with Crippen molar-refractivity contribution in [3.63, 3.8) is 0 Å². The summed E-state index contributed by atoms with van der Waals surface area (Å²) in [6, 6.07) is 0. The zero-order valence-electron chi connectivity index (χ0n) is 13.1. The van der Waals surface area contributed by atoms with E-state index in [4.69, 9.17) is 0 Å². The van der Waals surface area contributed by atoms with Crippen molar-refractivity contribution >= 4 is 71.9 Å². The quantitative estimate of drug-likeness (QED) is 0.513. The minimum atomic E-state index is 0. The lowest BCUT2D eigenvalue weighted by Gasteiger charge is -1.79. The molecule has 0 fully saturated rings. The largest absolute Gasteiger partial charge is 0.147 e. The van der Waals surface area contributed by atoms with Crippen molar-refractivity contribution in [1.29, 1.82) is 0 Å². The predicted molar refractivity (Wildman–Crippen MR) is 94.8 cm³/mol. The van der Waals surface area contributed by atoms with Crippen molar-refractivity contribution in [2.24, 2.45) is 17.8 Å². The highest BCUT2D eigenvalue weighted by atomic mass is 35.5. The van der Waals surface area contributed by atoms with E-state index in [2.05, 4.69) is 62.3 Å². The fourth-order valence-electron chi connectivity index (χ4n) is 0. The van der Waals surface area contributed by atoms with Gasteiger partial charge in [0.1, 0.15) is 0 Å². The molecule has 0 spiro atoms. The summed E-state index contributed by atoms with van der Waals surface area (Å²) >= 11 is 0. The van der Waals surface area contributed by atoms with Gasteiger partial charge in [0.15, 0.2) is 0 Å². The summed E-state index contributed by atoms with van der Waals surface area (Å²) in [5.41, 5.74) is 0. The Hall–Kier alpha value is 1.93. The van der Waals surface area contributed by atoms with Crippen LogP contribution in [0.5, 0.6) is 0 Å². The van der Waals surface area contributed by atoms with Gasteiger partial charge in [0.25, 0.3) is 0 Å². The van der Waals surface area contributed by atoms with Gasteiger partial charge >= 0.3 is 0 Å². The van der Waals surface area contributed by atoms with Gasteiger partial charge in [-0.15, -0.1) is 37.2 Å². The summed E-state index contributed by atoms with van der Waals surface area (Å²) in [4.78, 5) is 0. The van der Waals surface area contributed by atoms with Crippen LogP contribution >= 0.6 is 37.2 Å². The van der Waals surface area contributed by atoms with Crippen LogP contribution in [0.15, 0.2) is 0 Å². The zero-order valence-corrected chi connectivity index (χ0v) is 17.9. The van der Waals surface area contributed by atoms with Crippen molar-refractivity contribution in [3.05, 3.63) is 0 Å². The van der Waals surface area contributed by atoms with E-state index in [9.17, 15) is 0 Å². The van der Waals surface area contributed by atoms with Crippen LogP contribution in [0.2, 0.25) is 0 Å². The molecular weight excluding hydrogens is 304 g/mol. The zero-order chi connectivity index (χ0) is 10.7. The van der Waals surface area contributed by atoms with Gasteiger partial charge in [-0.1, -0.05) is 62.3 Å². The first kappa shape index (κ1) is 50.9. The SMILES string of the molecule is CC(C)C.CC(C)C.CC(C)C.Cl.Cl.Cl.[Al].[Al]. The molecule has 0 aromatic carbocycles. The molecule has 0 atom stereocenters. The molecule has 0 saturated heterocycles. The summed E-state index contributed by atoms with van der Waals surface area (Å²) in [6.45, 7) is 19.5. The van der Waals surface area contributed by atoms with Crippen molar-refractivity contribution in [2.75, 3.05) is 0 Å². The molecule has 0 aromatic rings. The van der Waals surface area contributed by atoms with Gasteiger partial charge in [-0.05, 0) is 17.8 Å². The number of rotatable bonds is 0. The van der Waals surface area contributed by atoms with Crippen molar-refractivity contribution < 1.29 is 0 Å². The maximum Gasteiger partial charge on any atom is 0 e. The highest BCUT2D eigenvalue weighted by Crippen LogP contribution is 1.81. The fraction of sp³-hybridized carbons (Fsp3) is 1.00. The molecule has 0 aromatic heterocycles. The number of hydrogen-bond acceptors (Lipinski definition) is 0. The second-order valence-corrected chi connectivity index (χ2v) is 5.20. The monoisotopic (exact) mass is 336 g/mol. The lowest BCUT2D eigenvalue weighted by molar-refractivity contribution is 0.736. The van der Waals surface area contributed by atoms with E-state index in [1.165, 1.54) is 0 Å². The Bertz CT molecular complexity index is 48.2. The van der Waals surface area contributed by atoms with Crippen LogP contribution in [0.4, 0.5) is 0 Å². The Morgan fingerprint density at radius 2 is 0.353 bits per heavy atom. The van der Waals surface area contributed by atoms with Gasteiger partial charge in [0.2, 0.25) is 0 Å². The molecule has 0 N–H and O–H groups in total. The summed E-state index contributed by atoms with van der Waals surface area (Å²) in [7, 11) is 0. The van der Waals surface area contributed by atoms with E-state index in [1.807, 2.05) is 0 Å². The van der Waals surface area contributed by atoms with Crippen LogP contribution in [0, 0.1) is 17.8 Å². The summed E-state index contributed by atoms with van der Waals surface area (Å²) in [6.07, 6.45) is 0. The summed E-state index contributed by atoms with van der Waals surface area (Å²) < 4.78 is 0. The summed E-state index contributed by atoms with van der Waals surface area (Å²) in [5, 5.41) is 0. The first-order chi connectivity index (χ1) is 5.20. The number of hydrogen-bond donors (Lipinski definition) is 0. The summed E-state index contributed by atoms with van der Waals surface area (Å²) in [5.74, 6) is 2.50. The Morgan fingerprint density at radius 3 is 0.353 bits per heavy atom. The van der Waals surface area contributed by atoms with Crippen LogP contribution in [-0.2, 0) is 0 Å². The van der Waals surface area contributed by atoms with Crippen molar-refractivity contribution in [2.45, 2.75) is 62.3 Å². The van der Waals surface area contributed by atoms with E-state index < -0.39 is 0 Å². The molecule has 0 rings (SSSR count). The van der Waals surface area contributed by atoms with Gasteiger partial charge in [-0.2, -0.15) is 0 Å². The molecular formula is C12H33Al2Cl3. The second-order valence-electron chi connectivity index (χ2n) is 5.20. The third-order valence-corrected chi connectivity index (χ3v) is 0. The highest BCUT2D eigenvalue weighted by Gasteiger charge is 1.68. The van der Waals surface area contributed by atoms with E-state index in [0.717, 1.165) is 17.8 Å². The van der Waals surface area contributed by atoms with Gasteiger partial charge in [0.05, 0.1) is 0 Å². The van der Waals surface area contributed by atoms with E-state index in [1.54, 1.807) is 0 Å². The maximum absolute atomic E-state index is 2.17. The van der Waals surface area contributed by atoms with Crippen LogP contribution < -0.4 is 0 Å². The topological polar surface area (TPSA) is 0 Å². The van der Waals surface area contributed by atoms with Gasteiger partial charge in [-0.25, -0.2) is 0 Å². The van der Waals surface area contributed by atoms with Crippen LogP contribution in [0.1, 0.15) is 62.3 Å². The van der Waals surface area contributed by atoms with Crippen molar-refractivity contribution in [1.82, 2.24) is 0 Å². The first-order valence-corrected chi connectivity index (χ1v) is 5.20. The van der Waals surface area contributed by atoms with E-state index in [-0.39, 0.29) is 71.9 Å². The molecule has 0 saturated carbocycles. The van der Waals surface area contributed by atoms with Crippen LogP contribution in [0.3, 0.4) is 0 Å². The van der Waals surface area contributed by atoms with Crippen LogP contribution in [0.25, 0.3) is 0 Å². The number of halogens is 3. The molecule has 0 bridgehead atoms. The lowest BCUT2D eigenvalue weighted by atomic mass is 10.3. The van der Waals surface area contributed by atoms with E-state index >= 15 is 0 Å². The van der Waals surface area contributed by atoms with Gasteiger partial charge < -0.3 is 0 Å².